The van der Waals surface area contributed by atoms with E-state index in [1.165, 1.54) is 0 Å². The van der Waals surface area contributed by atoms with Gasteiger partial charge in [-0.15, -0.1) is 8.93 Å². The van der Waals surface area contributed by atoms with E-state index in [0.29, 0.717) is 0 Å². The fourth-order valence-corrected chi connectivity index (χ4v) is 0. The Hall–Kier alpha value is 2.85. The van der Waals surface area contributed by atoms with Gasteiger partial charge in [-0.3, -0.25) is 0 Å². The molecule has 0 nitrogen and oxygen atoms in total. The van der Waals surface area contributed by atoms with Crippen molar-refractivity contribution >= 4 is 83.3 Å². The molecule has 0 spiro atoms. The number of hydrogen-bond donors (Lipinski definition) is 0. The molecule has 0 aromatic carbocycles. The Morgan fingerprint density at radius 1 is 1.33 bits per heavy atom. The molecule has 9 heteroatoms. The minimum absolute atomic E-state index is 0.844. The fourth-order valence-electron chi connectivity index (χ4n) is 0. The molecule has 0 saturated carbocycles. The molecule has 0 amide bonds. The molecule has 0 aliphatic rings. The highest BCUT2D eigenvalue weighted by atomic mass is 32.7. The van der Waals surface area contributed by atoms with Crippen molar-refractivity contribution < 1.29 is 0 Å². The van der Waals surface area contributed by atoms with E-state index >= 15 is 0 Å². The minimum Gasteiger partial charge on any atom is -0.105 e. The van der Waals surface area contributed by atoms with Crippen LogP contribution in [0.15, 0.2) is 0 Å². The maximum absolute atomic E-state index is 4.52. The van der Waals surface area contributed by atoms with Gasteiger partial charge in [0.05, 0.1) is 0 Å². The predicted octanol–water partition coefficient (Wildman–Crippen LogP) is 3.55. The summed E-state index contributed by atoms with van der Waals surface area (Å²) in [4.78, 5) is 0. The summed E-state index contributed by atoms with van der Waals surface area (Å²) in [5.74, 6) is 0. The van der Waals surface area contributed by atoms with Crippen molar-refractivity contribution in [2.24, 2.45) is 0 Å². The lowest BCUT2D eigenvalue weighted by atomic mass is 29.5. The molecule has 9 heavy (non-hydrogen) atoms. The summed E-state index contributed by atoms with van der Waals surface area (Å²) in [6.07, 6.45) is 0. The second-order valence-corrected chi connectivity index (χ2v) is 8.80. The quantitative estimate of drug-likeness (QED) is 0.677. The maximum atomic E-state index is 4.52. The summed E-state index contributed by atoms with van der Waals surface area (Å²) in [5, 5.41) is 0. The SMILES string of the molecule is P=S.PP=S.PPP=S. The smallest absolute Gasteiger partial charge is 0.00209 e. The molecule has 0 radical (unpaired) electrons. The third-order valence-corrected chi connectivity index (χ3v) is 4.27. The second kappa shape index (κ2) is 30.8. The fraction of sp³-hybridized carbons (Fsp3) is 0. The summed E-state index contributed by atoms with van der Waals surface area (Å²) < 4.78 is 0. The van der Waals surface area contributed by atoms with Crippen molar-refractivity contribution in [2.75, 3.05) is 0 Å². The zero-order valence-electron chi connectivity index (χ0n) is 4.27. The van der Waals surface area contributed by atoms with E-state index in [9.17, 15) is 0 Å². The van der Waals surface area contributed by atoms with Crippen LogP contribution in [0.2, 0.25) is 0 Å². The molecule has 54 valence electrons. The lowest BCUT2D eigenvalue weighted by molar-refractivity contribution is 5.43. The molecule has 0 aromatic heterocycles. The lowest BCUT2D eigenvalue weighted by Crippen LogP contribution is -0.770. The van der Waals surface area contributed by atoms with Gasteiger partial charge in [-0.1, -0.05) is 44.3 Å². The van der Waals surface area contributed by atoms with Gasteiger partial charge in [0.2, 0.25) is 0 Å². The molecular weight excluding hydrogens is 282 g/mol. The summed E-state index contributed by atoms with van der Waals surface area (Å²) in [6, 6.07) is 0. The van der Waals surface area contributed by atoms with Crippen molar-refractivity contribution in [1.29, 1.82) is 0 Å². The summed E-state index contributed by atoms with van der Waals surface area (Å²) >= 11 is 12.7. The highest BCUT2D eigenvalue weighted by Gasteiger charge is 1.47. The Morgan fingerprint density at radius 3 is 1.44 bits per heavy atom. The second-order valence-electron chi connectivity index (χ2n) is 0.326. The summed E-state index contributed by atoms with van der Waals surface area (Å²) in [6.45, 7) is 0. The maximum Gasteiger partial charge on any atom is 0.00209 e. The molecule has 0 N–H and O–H groups in total. The molecule has 3 unspecified atom stereocenters. The van der Waals surface area contributed by atoms with Gasteiger partial charge < -0.3 is 0 Å². The Bertz CT molecular complexity index is 52.3. The van der Waals surface area contributed by atoms with Crippen LogP contribution in [0, 0.1) is 0 Å². The average molecular weight is 288 g/mol. The summed E-state index contributed by atoms with van der Waals surface area (Å²) in [5.41, 5.74) is 0. The molecule has 0 aliphatic carbocycles. The van der Waals surface area contributed by atoms with Crippen LogP contribution in [0.1, 0.15) is 0 Å². The van der Waals surface area contributed by atoms with Gasteiger partial charge >= 0.3 is 0 Å². The van der Waals surface area contributed by atoms with E-state index in [1.807, 2.05) is 0 Å². The lowest BCUT2D eigenvalue weighted by Gasteiger charge is -1.55. The molecule has 0 rings (SSSR count). The zero-order chi connectivity index (χ0) is 8.12. The van der Waals surface area contributed by atoms with Gasteiger partial charge in [0.25, 0.3) is 0 Å². The molecule has 0 aliphatic heterocycles. The van der Waals surface area contributed by atoms with Crippen LogP contribution < -0.4 is 0 Å². The predicted molar refractivity (Wildman–Crippen MR) is 72.0 cm³/mol. The Morgan fingerprint density at radius 2 is 1.44 bits per heavy atom. The molecule has 0 bridgehead atoms. The van der Waals surface area contributed by atoms with Crippen LogP contribution in [0.3, 0.4) is 0 Å². The Labute approximate surface area is 82.9 Å². The van der Waals surface area contributed by atoms with Gasteiger partial charge in [0.15, 0.2) is 0 Å². The first-order valence-electron chi connectivity index (χ1n) is 1.34. The average Bonchev–Trinajstić information content (AvgIpc) is 1.94. The normalized spacial score (nSPS) is 7.78. The highest BCUT2D eigenvalue weighted by molar-refractivity contribution is 8.47. The van der Waals surface area contributed by atoms with E-state index in [2.05, 4.69) is 61.3 Å². The van der Waals surface area contributed by atoms with Crippen LogP contribution >= 0.6 is 47.9 Å². The van der Waals surface area contributed by atoms with Crippen molar-refractivity contribution in [1.82, 2.24) is 0 Å². The van der Waals surface area contributed by atoms with Crippen LogP contribution in [-0.2, 0) is 35.4 Å². The zero-order valence-corrected chi connectivity index (χ0v) is 12.8. The largest absolute Gasteiger partial charge is 0.105 e. The minimum atomic E-state index is 0.844. The highest BCUT2D eigenvalue weighted by Crippen LogP contribution is 2.34. The van der Waals surface area contributed by atoms with Gasteiger partial charge in [-0.2, -0.15) is 0 Å². The molecule has 0 aromatic rings. The third-order valence-electron chi connectivity index (χ3n) is 0.0527. The van der Waals surface area contributed by atoms with Crippen molar-refractivity contribution in [3.05, 3.63) is 0 Å². The van der Waals surface area contributed by atoms with E-state index in [0.717, 1.165) is 22.0 Å². The standard InChI is InChI=1S/H3P3S.H2P2S.HPS/c1-2-3-4;1-2-3;1-2/h2H,1H2;1H2;1H. The van der Waals surface area contributed by atoms with Gasteiger partial charge in [-0.25, -0.2) is 0 Å². The van der Waals surface area contributed by atoms with E-state index in [4.69, 9.17) is 0 Å². The topological polar surface area (TPSA) is 0 Å². The Balaban J connectivity index is -0.0000000646. The molecule has 0 heterocycles. The van der Waals surface area contributed by atoms with Crippen molar-refractivity contribution in [3.8, 4) is 0 Å². The first-order valence-corrected chi connectivity index (χ1v) is 12.1. The van der Waals surface area contributed by atoms with Crippen molar-refractivity contribution in [2.45, 2.75) is 0 Å². The first-order chi connectivity index (χ1) is 4.33. The van der Waals surface area contributed by atoms with Crippen LogP contribution in [0.5, 0.6) is 0 Å². The van der Waals surface area contributed by atoms with Crippen LogP contribution in [0.25, 0.3) is 0 Å². The van der Waals surface area contributed by atoms with Crippen molar-refractivity contribution in [3.63, 3.8) is 0 Å². The van der Waals surface area contributed by atoms with E-state index in [-0.39, 0.29) is 0 Å². The third kappa shape index (κ3) is 57.3. The molecule has 0 saturated heterocycles. The van der Waals surface area contributed by atoms with E-state index in [1.54, 1.807) is 0 Å². The number of hydrogen-bond acceptors (Lipinski definition) is 3. The van der Waals surface area contributed by atoms with Gasteiger partial charge in [0.1, 0.15) is 0 Å². The summed E-state index contributed by atoms with van der Waals surface area (Å²) in [7, 11) is 10.3. The first kappa shape index (κ1) is 17.8. The van der Waals surface area contributed by atoms with Crippen LogP contribution in [0.4, 0.5) is 0 Å². The van der Waals surface area contributed by atoms with Gasteiger partial charge in [-0.05, 0) is 23.0 Å². The monoisotopic (exact) mass is 288 g/mol. The molecule has 3 atom stereocenters. The van der Waals surface area contributed by atoms with Gasteiger partial charge in [0, 0.05) is 7.04 Å². The van der Waals surface area contributed by atoms with Crippen LogP contribution in [-0.4, -0.2) is 0 Å². The van der Waals surface area contributed by atoms with E-state index < -0.39 is 0 Å². The molecular formula is H6P6S3. The molecule has 0 fully saturated rings. The number of rotatable bonds is 1. The Kier molecular flexibility index (Phi) is 60.9.